The van der Waals surface area contributed by atoms with Crippen molar-refractivity contribution in [2.45, 2.75) is 30.2 Å². The molecule has 1 aromatic rings. The summed E-state index contributed by atoms with van der Waals surface area (Å²) in [4.78, 5) is -0.139. The molecule has 0 aliphatic heterocycles. The van der Waals surface area contributed by atoms with Gasteiger partial charge in [-0.1, -0.05) is 11.6 Å². The highest BCUT2D eigenvalue weighted by Gasteiger charge is 2.65. The monoisotopic (exact) mass is 330 g/mol. The molecule has 2 bridgehead atoms. The second-order valence-electron chi connectivity index (χ2n) is 6.44. The fourth-order valence-electron chi connectivity index (χ4n) is 4.48. The summed E-state index contributed by atoms with van der Waals surface area (Å²) in [7, 11) is -3.76. The van der Waals surface area contributed by atoms with Crippen molar-refractivity contribution in [3.63, 3.8) is 0 Å². The standard InChI is InChI=1S/C14H16ClFN2O2S/c15-8-4-9(16)10(17)5-11(8)21(19,20)18-14-12-6-1-2-7(3-6)13(12)14/h4-7,12-14,18H,1-3,17H2. The van der Waals surface area contributed by atoms with Crippen molar-refractivity contribution in [2.75, 3.05) is 5.73 Å². The molecule has 0 aromatic heterocycles. The maximum absolute atomic E-state index is 13.3. The number of anilines is 1. The molecule has 114 valence electrons. The maximum atomic E-state index is 13.3. The third-order valence-electron chi connectivity index (χ3n) is 5.37. The molecule has 21 heavy (non-hydrogen) atoms. The zero-order valence-electron chi connectivity index (χ0n) is 11.2. The van der Waals surface area contributed by atoms with E-state index in [0.29, 0.717) is 23.7 Å². The number of benzene rings is 1. The second kappa shape index (κ2) is 4.33. The molecule has 0 heterocycles. The van der Waals surface area contributed by atoms with Gasteiger partial charge in [0.25, 0.3) is 0 Å². The van der Waals surface area contributed by atoms with Gasteiger partial charge in [-0.3, -0.25) is 0 Å². The summed E-state index contributed by atoms with van der Waals surface area (Å²) in [6, 6.07) is 2.05. The Hall–Kier alpha value is -0.850. The van der Waals surface area contributed by atoms with Crippen LogP contribution in [0, 0.1) is 29.5 Å². The highest BCUT2D eigenvalue weighted by atomic mass is 35.5. The summed E-state index contributed by atoms with van der Waals surface area (Å²) in [5.74, 6) is 1.59. The van der Waals surface area contributed by atoms with Gasteiger partial charge in [0, 0.05) is 6.04 Å². The molecule has 3 fully saturated rings. The Labute approximate surface area is 127 Å². The summed E-state index contributed by atoms with van der Waals surface area (Å²) >= 11 is 5.87. The molecule has 4 unspecified atom stereocenters. The van der Waals surface area contributed by atoms with Gasteiger partial charge in [0.2, 0.25) is 10.0 Å². The van der Waals surface area contributed by atoms with Gasteiger partial charge in [-0.15, -0.1) is 0 Å². The fraction of sp³-hybridized carbons (Fsp3) is 0.571. The minimum Gasteiger partial charge on any atom is -0.396 e. The molecule has 4 atom stereocenters. The first-order chi connectivity index (χ1) is 9.88. The number of rotatable bonds is 3. The van der Waals surface area contributed by atoms with Crippen LogP contribution in [0.3, 0.4) is 0 Å². The van der Waals surface area contributed by atoms with Crippen LogP contribution in [0.25, 0.3) is 0 Å². The number of fused-ring (bicyclic) bond motifs is 5. The molecule has 7 heteroatoms. The average Bonchev–Trinajstić information content (AvgIpc) is 2.82. The number of sulfonamides is 1. The highest BCUT2D eigenvalue weighted by Crippen LogP contribution is 2.65. The smallest absolute Gasteiger partial charge is 0.242 e. The lowest BCUT2D eigenvalue weighted by Gasteiger charge is -2.13. The normalized spacial score (nSPS) is 36.8. The van der Waals surface area contributed by atoms with E-state index in [1.165, 1.54) is 19.3 Å². The molecule has 4 rings (SSSR count). The molecule has 3 N–H and O–H groups in total. The van der Waals surface area contributed by atoms with Gasteiger partial charge in [-0.25, -0.2) is 17.5 Å². The number of nitrogens with two attached hydrogens (primary N) is 1. The molecule has 0 amide bonds. The van der Waals surface area contributed by atoms with Crippen molar-refractivity contribution in [3.05, 3.63) is 23.0 Å². The molecule has 3 aliphatic carbocycles. The Morgan fingerprint density at radius 2 is 1.86 bits per heavy atom. The Kier molecular flexibility index (Phi) is 2.85. The number of hydrogen-bond donors (Lipinski definition) is 2. The quantitative estimate of drug-likeness (QED) is 0.836. The summed E-state index contributed by atoms with van der Waals surface area (Å²) in [6.07, 6.45) is 3.68. The lowest BCUT2D eigenvalue weighted by molar-refractivity contribution is 0.456. The molecule has 0 saturated heterocycles. The van der Waals surface area contributed by atoms with Gasteiger partial charge in [-0.05, 0) is 55.1 Å². The predicted molar refractivity (Wildman–Crippen MR) is 77.7 cm³/mol. The van der Waals surface area contributed by atoms with E-state index in [1.54, 1.807) is 0 Å². The maximum Gasteiger partial charge on any atom is 0.242 e. The topological polar surface area (TPSA) is 72.2 Å². The molecular weight excluding hydrogens is 315 g/mol. The first-order valence-electron chi connectivity index (χ1n) is 7.15. The van der Waals surface area contributed by atoms with E-state index in [-0.39, 0.29) is 21.6 Å². The fourth-order valence-corrected chi connectivity index (χ4v) is 6.33. The van der Waals surface area contributed by atoms with Crippen molar-refractivity contribution in [3.8, 4) is 0 Å². The number of halogens is 2. The summed E-state index contributed by atoms with van der Waals surface area (Å²) in [5.41, 5.74) is 5.24. The molecule has 3 saturated carbocycles. The van der Waals surface area contributed by atoms with Crippen molar-refractivity contribution in [1.82, 2.24) is 4.72 Å². The molecule has 0 spiro atoms. The van der Waals surface area contributed by atoms with E-state index < -0.39 is 15.8 Å². The Morgan fingerprint density at radius 1 is 1.24 bits per heavy atom. The van der Waals surface area contributed by atoms with Crippen molar-refractivity contribution in [2.24, 2.45) is 23.7 Å². The van der Waals surface area contributed by atoms with Crippen LogP contribution in [0.15, 0.2) is 17.0 Å². The van der Waals surface area contributed by atoms with E-state index in [4.69, 9.17) is 17.3 Å². The van der Waals surface area contributed by atoms with Crippen LogP contribution in [-0.4, -0.2) is 14.5 Å². The van der Waals surface area contributed by atoms with Crippen LogP contribution in [0.5, 0.6) is 0 Å². The van der Waals surface area contributed by atoms with E-state index in [1.807, 2.05) is 0 Å². The third-order valence-corrected chi connectivity index (χ3v) is 7.29. The minimum atomic E-state index is -3.76. The molecular formula is C14H16ClFN2O2S. The average molecular weight is 331 g/mol. The Balaban J connectivity index is 1.59. The zero-order chi connectivity index (χ0) is 14.9. The number of hydrogen-bond acceptors (Lipinski definition) is 3. The van der Waals surface area contributed by atoms with Crippen LogP contribution < -0.4 is 10.5 Å². The first-order valence-corrected chi connectivity index (χ1v) is 9.01. The van der Waals surface area contributed by atoms with Crippen LogP contribution in [0.4, 0.5) is 10.1 Å². The van der Waals surface area contributed by atoms with Crippen molar-refractivity contribution in [1.29, 1.82) is 0 Å². The van der Waals surface area contributed by atoms with Crippen molar-refractivity contribution < 1.29 is 12.8 Å². The van der Waals surface area contributed by atoms with Gasteiger partial charge in [0.1, 0.15) is 10.7 Å². The summed E-state index contributed by atoms with van der Waals surface area (Å²) in [6.45, 7) is 0. The first kappa shape index (κ1) is 13.8. The van der Waals surface area contributed by atoms with E-state index in [2.05, 4.69) is 4.72 Å². The van der Waals surface area contributed by atoms with E-state index in [0.717, 1.165) is 12.1 Å². The molecule has 4 nitrogen and oxygen atoms in total. The molecule has 3 aliphatic rings. The third kappa shape index (κ3) is 1.99. The summed E-state index contributed by atoms with van der Waals surface area (Å²) in [5, 5.41) is -0.136. The van der Waals surface area contributed by atoms with Crippen LogP contribution in [0.1, 0.15) is 19.3 Å². The van der Waals surface area contributed by atoms with Gasteiger partial charge in [-0.2, -0.15) is 0 Å². The van der Waals surface area contributed by atoms with Gasteiger partial charge in [0.15, 0.2) is 0 Å². The SMILES string of the molecule is Nc1cc(S(=O)(=O)NC2C3C4CCC(C4)C23)c(Cl)cc1F. The lowest BCUT2D eigenvalue weighted by Crippen LogP contribution is -2.30. The molecule has 1 aromatic carbocycles. The minimum absolute atomic E-state index is 0.0172. The predicted octanol–water partition coefficient (Wildman–Crippen LogP) is 2.38. The number of nitrogens with one attached hydrogen (secondary N) is 1. The lowest BCUT2D eigenvalue weighted by atomic mass is 10.0. The Bertz CT molecular complexity index is 708. The number of nitrogen functional groups attached to an aromatic ring is 1. The van der Waals surface area contributed by atoms with Crippen molar-refractivity contribution >= 4 is 27.3 Å². The van der Waals surface area contributed by atoms with Gasteiger partial charge >= 0.3 is 0 Å². The van der Waals surface area contributed by atoms with E-state index >= 15 is 0 Å². The van der Waals surface area contributed by atoms with Gasteiger partial charge < -0.3 is 5.73 Å². The van der Waals surface area contributed by atoms with Crippen LogP contribution in [0.2, 0.25) is 5.02 Å². The largest absolute Gasteiger partial charge is 0.396 e. The van der Waals surface area contributed by atoms with E-state index in [9.17, 15) is 12.8 Å². The van der Waals surface area contributed by atoms with Crippen LogP contribution in [-0.2, 0) is 10.0 Å². The second-order valence-corrected chi connectivity index (χ2v) is 8.53. The summed E-state index contributed by atoms with van der Waals surface area (Å²) < 4.78 is 41.0. The highest BCUT2D eigenvalue weighted by molar-refractivity contribution is 7.89. The van der Waals surface area contributed by atoms with Gasteiger partial charge in [0.05, 0.1) is 10.7 Å². The Morgan fingerprint density at radius 3 is 2.48 bits per heavy atom. The zero-order valence-corrected chi connectivity index (χ0v) is 12.8. The molecule has 0 radical (unpaired) electrons. The van der Waals surface area contributed by atoms with Crippen LogP contribution >= 0.6 is 11.6 Å².